The summed E-state index contributed by atoms with van der Waals surface area (Å²) < 4.78 is 0. The van der Waals surface area contributed by atoms with Crippen molar-refractivity contribution in [3.05, 3.63) is 35.4 Å². The number of amides is 4. The Morgan fingerprint density at radius 2 is 1.41 bits per heavy atom. The van der Waals surface area contributed by atoms with Crippen molar-refractivity contribution >= 4 is 29.6 Å². The Bertz CT molecular complexity index is 778. The maximum atomic E-state index is 12.2. The van der Waals surface area contributed by atoms with Crippen molar-refractivity contribution in [1.82, 2.24) is 14.9 Å². The second kappa shape index (κ2) is 7.56. The van der Waals surface area contributed by atoms with Gasteiger partial charge in [-0.3, -0.25) is 19.2 Å². The summed E-state index contributed by atoms with van der Waals surface area (Å²) >= 11 is 0. The summed E-state index contributed by atoms with van der Waals surface area (Å²) in [5, 5.41) is 0.434. The molecule has 27 heavy (non-hydrogen) atoms. The summed E-state index contributed by atoms with van der Waals surface area (Å²) in [6.45, 7) is 3.21. The Morgan fingerprint density at radius 1 is 0.889 bits per heavy atom. The summed E-state index contributed by atoms with van der Waals surface area (Å²) in [6.07, 6.45) is -0.346. The number of benzene rings is 1. The molecular formula is C18H19N3O6. The van der Waals surface area contributed by atoms with Crippen LogP contribution in [0.1, 0.15) is 40.5 Å². The van der Waals surface area contributed by atoms with Gasteiger partial charge in [0.05, 0.1) is 17.5 Å². The number of nitrogens with zero attached hydrogens (tertiary/aromatic N) is 3. The van der Waals surface area contributed by atoms with Crippen LogP contribution in [0, 0.1) is 0 Å². The molecule has 3 rings (SSSR count). The first-order valence-corrected chi connectivity index (χ1v) is 8.60. The van der Waals surface area contributed by atoms with E-state index in [2.05, 4.69) is 0 Å². The lowest BCUT2D eigenvalue weighted by molar-refractivity contribution is -0.169. The van der Waals surface area contributed by atoms with E-state index >= 15 is 0 Å². The average Bonchev–Trinajstić information content (AvgIpc) is 2.91. The number of fused-ring (bicyclic) bond motifs is 1. The number of hydroxylamine groups is 2. The van der Waals surface area contributed by atoms with Crippen LogP contribution in [0.15, 0.2) is 24.3 Å². The highest BCUT2D eigenvalue weighted by Crippen LogP contribution is 2.23. The van der Waals surface area contributed by atoms with Crippen molar-refractivity contribution in [1.29, 1.82) is 0 Å². The zero-order chi connectivity index (χ0) is 19.6. The van der Waals surface area contributed by atoms with Gasteiger partial charge < -0.3 is 14.6 Å². The highest BCUT2D eigenvalue weighted by molar-refractivity contribution is 6.20. The Balaban J connectivity index is 1.48. The smallest absolute Gasteiger partial charge is 0.333 e. The Hall–Kier alpha value is -3.23. The summed E-state index contributed by atoms with van der Waals surface area (Å²) in [5.74, 6) is -2.50. The van der Waals surface area contributed by atoms with Crippen LogP contribution in [0.4, 0.5) is 0 Å². The normalized spacial score (nSPS) is 16.4. The maximum Gasteiger partial charge on any atom is 0.333 e. The van der Waals surface area contributed by atoms with Gasteiger partial charge in [0.1, 0.15) is 0 Å². The van der Waals surface area contributed by atoms with E-state index in [0.29, 0.717) is 31.2 Å². The average molecular weight is 373 g/mol. The van der Waals surface area contributed by atoms with E-state index in [0.717, 1.165) is 0 Å². The van der Waals surface area contributed by atoms with Crippen LogP contribution in [0.5, 0.6) is 0 Å². The van der Waals surface area contributed by atoms with Crippen LogP contribution >= 0.6 is 0 Å². The van der Waals surface area contributed by atoms with Crippen molar-refractivity contribution in [2.45, 2.75) is 19.8 Å². The second-order valence-electron chi connectivity index (χ2n) is 6.30. The third-order valence-corrected chi connectivity index (χ3v) is 4.57. The molecule has 0 bridgehead atoms. The number of carbonyl (C=O) groups is 5. The van der Waals surface area contributed by atoms with E-state index in [1.54, 1.807) is 21.9 Å². The lowest BCUT2D eigenvalue weighted by Crippen LogP contribution is -2.50. The third-order valence-electron chi connectivity index (χ3n) is 4.57. The van der Waals surface area contributed by atoms with Gasteiger partial charge in [0.25, 0.3) is 11.8 Å². The van der Waals surface area contributed by atoms with Gasteiger partial charge in [0.2, 0.25) is 11.8 Å². The standard InChI is InChI=1S/C18H19N3O6/c1-12(22)19-8-10-20(11-9-19)15(23)6-7-16(24)27-21-17(25)13-4-2-3-5-14(13)18(21)26/h2-5H,6-11H2,1H3. The van der Waals surface area contributed by atoms with E-state index in [-0.39, 0.29) is 35.8 Å². The molecule has 0 aromatic heterocycles. The highest BCUT2D eigenvalue weighted by Gasteiger charge is 2.38. The maximum absolute atomic E-state index is 12.2. The molecule has 1 saturated heterocycles. The minimum absolute atomic E-state index is 0.0355. The van der Waals surface area contributed by atoms with Crippen molar-refractivity contribution in [2.24, 2.45) is 0 Å². The van der Waals surface area contributed by atoms with E-state index < -0.39 is 17.8 Å². The molecule has 0 N–H and O–H groups in total. The minimum Gasteiger partial charge on any atom is -0.339 e. The second-order valence-corrected chi connectivity index (χ2v) is 6.30. The van der Waals surface area contributed by atoms with Crippen LogP contribution in [-0.4, -0.2) is 70.6 Å². The molecule has 4 amide bonds. The zero-order valence-corrected chi connectivity index (χ0v) is 14.8. The van der Waals surface area contributed by atoms with E-state index in [1.807, 2.05) is 0 Å². The van der Waals surface area contributed by atoms with Crippen LogP contribution in [0.3, 0.4) is 0 Å². The lowest BCUT2D eigenvalue weighted by atomic mass is 10.1. The predicted octanol–water partition coefficient (Wildman–Crippen LogP) is 0.212. The predicted molar refractivity (Wildman–Crippen MR) is 91.1 cm³/mol. The molecule has 0 radical (unpaired) electrons. The minimum atomic E-state index is -0.833. The van der Waals surface area contributed by atoms with Crippen molar-refractivity contribution in [3.8, 4) is 0 Å². The third kappa shape index (κ3) is 3.81. The van der Waals surface area contributed by atoms with Gasteiger partial charge in [-0.2, -0.15) is 0 Å². The molecule has 0 unspecified atom stereocenters. The van der Waals surface area contributed by atoms with Gasteiger partial charge in [-0.05, 0) is 12.1 Å². The summed E-state index contributed by atoms with van der Waals surface area (Å²) in [5.41, 5.74) is 0.351. The molecule has 1 aromatic carbocycles. The lowest BCUT2D eigenvalue weighted by Gasteiger charge is -2.34. The number of carbonyl (C=O) groups excluding carboxylic acids is 5. The molecule has 0 spiro atoms. The summed E-state index contributed by atoms with van der Waals surface area (Å²) in [4.78, 5) is 67.8. The SMILES string of the molecule is CC(=O)N1CCN(C(=O)CCC(=O)ON2C(=O)c3ccccc3C2=O)CC1. The molecule has 0 aliphatic carbocycles. The molecule has 0 saturated carbocycles. The van der Waals surface area contributed by atoms with Crippen molar-refractivity contribution < 1.29 is 28.8 Å². The molecule has 1 aromatic rings. The number of hydrogen-bond acceptors (Lipinski definition) is 6. The van der Waals surface area contributed by atoms with E-state index in [1.165, 1.54) is 19.1 Å². The first kappa shape index (κ1) is 18.6. The molecule has 2 aliphatic rings. The van der Waals surface area contributed by atoms with Gasteiger partial charge >= 0.3 is 5.97 Å². The van der Waals surface area contributed by atoms with Crippen LogP contribution in [0.2, 0.25) is 0 Å². The summed E-state index contributed by atoms with van der Waals surface area (Å²) in [6, 6.07) is 6.18. The molecule has 2 heterocycles. The van der Waals surface area contributed by atoms with E-state index in [9.17, 15) is 24.0 Å². The Morgan fingerprint density at radius 3 is 1.93 bits per heavy atom. The number of imide groups is 1. The number of piperazine rings is 1. The Kier molecular flexibility index (Phi) is 5.20. The highest BCUT2D eigenvalue weighted by atomic mass is 16.7. The van der Waals surface area contributed by atoms with Crippen molar-refractivity contribution in [2.75, 3.05) is 26.2 Å². The monoisotopic (exact) mass is 373 g/mol. The van der Waals surface area contributed by atoms with Gasteiger partial charge in [-0.15, -0.1) is 0 Å². The van der Waals surface area contributed by atoms with Crippen LogP contribution < -0.4 is 0 Å². The van der Waals surface area contributed by atoms with Crippen LogP contribution in [0.25, 0.3) is 0 Å². The molecular weight excluding hydrogens is 354 g/mol. The molecule has 9 nitrogen and oxygen atoms in total. The fourth-order valence-corrected chi connectivity index (χ4v) is 3.04. The first-order valence-electron chi connectivity index (χ1n) is 8.60. The molecule has 9 heteroatoms. The zero-order valence-electron chi connectivity index (χ0n) is 14.8. The molecule has 1 fully saturated rings. The van der Waals surface area contributed by atoms with Gasteiger partial charge in [-0.25, -0.2) is 4.79 Å². The van der Waals surface area contributed by atoms with Gasteiger partial charge in [-0.1, -0.05) is 17.2 Å². The van der Waals surface area contributed by atoms with Gasteiger partial charge in [0, 0.05) is 39.5 Å². The molecule has 0 atom stereocenters. The molecule has 2 aliphatic heterocycles. The molecule has 142 valence electrons. The summed E-state index contributed by atoms with van der Waals surface area (Å²) in [7, 11) is 0. The van der Waals surface area contributed by atoms with Gasteiger partial charge in [0.15, 0.2) is 0 Å². The largest absolute Gasteiger partial charge is 0.339 e. The van der Waals surface area contributed by atoms with E-state index in [4.69, 9.17) is 4.84 Å². The van der Waals surface area contributed by atoms with Crippen LogP contribution in [-0.2, 0) is 19.2 Å². The topological polar surface area (TPSA) is 104 Å². The number of rotatable bonds is 4. The fourth-order valence-electron chi connectivity index (χ4n) is 3.04. The Labute approximate surface area is 155 Å². The quantitative estimate of drug-likeness (QED) is 0.699. The number of hydrogen-bond donors (Lipinski definition) is 0. The fraction of sp³-hybridized carbons (Fsp3) is 0.389. The van der Waals surface area contributed by atoms with Crippen molar-refractivity contribution in [3.63, 3.8) is 0 Å². The first-order chi connectivity index (χ1) is 12.9.